The molecule has 6 heteroatoms. The molecule has 1 aromatic carbocycles. The van der Waals surface area contributed by atoms with Gasteiger partial charge in [0.2, 0.25) is 0 Å². The van der Waals surface area contributed by atoms with Crippen LogP contribution in [0.25, 0.3) is 0 Å². The number of amides is 1. The van der Waals surface area contributed by atoms with Crippen molar-refractivity contribution in [1.29, 1.82) is 0 Å². The molecule has 0 atom stereocenters. The van der Waals surface area contributed by atoms with Crippen molar-refractivity contribution < 1.29 is 22.7 Å². The van der Waals surface area contributed by atoms with E-state index in [-0.39, 0.29) is 12.1 Å². The Labute approximate surface area is 116 Å². The van der Waals surface area contributed by atoms with Gasteiger partial charge in [-0.1, -0.05) is 19.4 Å². The maximum atomic E-state index is 12.5. The molecule has 0 unspecified atom stereocenters. The van der Waals surface area contributed by atoms with E-state index < -0.39 is 18.6 Å². The lowest BCUT2D eigenvalue weighted by molar-refractivity contribution is -0.140. The van der Waals surface area contributed by atoms with Gasteiger partial charge < -0.3 is 9.64 Å². The summed E-state index contributed by atoms with van der Waals surface area (Å²) in [6.07, 6.45) is -3.15. The molecule has 0 spiro atoms. The van der Waals surface area contributed by atoms with Crippen LogP contribution in [0.5, 0.6) is 5.75 Å². The van der Waals surface area contributed by atoms with Gasteiger partial charge in [-0.05, 0) is 24.6 Å². The molecule has 0 saturated carbocycles. The van der Waals surface area contributed by atoms with E-state index in [9.17, 15) is 18.0 Å². The zero-order valence-electron chi connectivity index (χ0n) is 11.5. The van der Waals surface area contributed by atoms with Gasteiger partial charge in [-0.3, -0.25) is 4.79 Å². The zero-order chi connectivity index (χ0) is 15.2. The number of hydrogen-bond acceptors (Lipinski definition) is 2. The van der Waals surface area contributed by atoms with Gasteiger partial charge in [0, 0.05) is 12.1 Å². The minimum atomic E-state index is -4.40. The van der Waals surface area contributed by atoms with Crippen molar-refractivity contribution in [2.45, 2.75) is 25.9 Å². The van der Waals surface area contributed by atoms with Crippen molar-refractivity contribution in [1.82, 2.24) is 4.90 Å². The van der Waals surface area contributed by atoms with Crippen LogP contribution in [0.2, 0.25) is 0 Å². The van der Waals surface area contributed by atoms with Gasteiger partial charge in [0.25, 0.3) is 5.91 Å². The Hall–Kier alpha value is -1.72. The minimum absolute atomic E-state index is 0.0893. The van der Waals surface area contributed by atoms with Gasteiger partial charge >= 0.3 is 6.18 Å². The molecule has 0 radical (unpaired) electrons. The topological polar surface area (TPSA) is 29.5 Å². The Bertz CT molecular complexity index is 446. The van der Waals surface area contributed by atoms with Crippen LogP contribution in [0.15, 0.2) is 24.3 Å². The average molecular weight is 289 g/mol. The second-order valence-electron chi connectivity index (χ2n) is 4.43. The van der Waals surface area contributed by atoms with E-state index in [0.717, 1.165) is 11.3 Å². The normalized spacial score (nSPS) is 11.2. The standard InChI is InChI=1S/C14H18F3NO2/c1-3-4-8-18(10-14(15,16)17)13(19)11-6-5-7-12(9-11)20-2/h5-7,9H,3-4,8,10H2,1-2H3. The molecule has 0 bridgehead atoms. The molecule has 0 fully saturated rings. The van der Waals surface area contributed by atoms with Crippen LogP contribution >= 0.6 is 0 Å². The van der Waals surface area contributed by atoms with Crippen LogP contribution in [0.3, 0.4) is 0 Å². The highest BCUT2D eigenvalue weighted by Gasteiger charge is 2.33. The molecular formula is C14H18F3NO2. The van der Waals surface area contributed by atoms with Crippen molar-refractivity contribution in [3.8, 4) is 5.75 Å². The third kappa shape index (κ3) is 5.11. The van der Waals surface area contributed by atoms with Crippen molar-refractivity contribution >= 4 is 5.91 Å². The van der Waals surface area contributed by atoms with Gasteiger partial charge in [-0.25, -0.2) is 0 Å². The first-order valence-electron chi connectivity index (χ1n) is 6.37. The summed E-state index contributed by atoms with van der Waals surface area (Å²) in [5, 5.41) is 0. The SMILES string of the molecule is CCCCN(CC(F)(F)F)C(=O)c1cccc(OC)c1. The highest BCUT2D eigenvalue weighted by atomic mass is 19.4. The first kappa shape index (κ1) is 16.3. The Morgan fingerprint density at radius 1 is 1.35 bits per heavy atom. The van der Waals surface area contributed by atoms with Gasteiger partial charge in [0.05, 0.1) is 7.11 Å². The lowest BCUT2D eigenvalue weighted by Gasteiger charge is -2.24. The number of benzene rings is 1. The van der Waals surface area contributed by atoms with E-state index in [4.69, 9.17) is 4.74 Å². The quantitative estimate of drug-likeness (QED) is 0.802. The largest absolute Gasteiger partial charge is 0.497 e. The first-order valence-corrected chi connectivity index (χ1v) is 6.37. The predicted octanol–water partition coefficient (Wildman–Crippen LogP) is 3.50. The molecule has 1 aromatic rings. The molecular weight excluding hydrogens is 271 g/mol. The lowest BCUT2D eigenvalue weighted by atomic mass is 10.1. The predicted molar refractivity (Wildman–Crippen MR) is 69.9 cm³/mol. The summed E-state index contributed by atoms with van der Waals surface area (Å²) in [6.45, 7) is 0.719. The molecule has 3 nitrogen and oxygen atoms in total. The molecule has 0 aliphatic rings. The van der Waals surface area contributed by atoms with Crippen molar-refractivity contribution in [3.05, 3.63) is 29.8 Å². The van der Waals surface area contributed by atoms with Crippen molar-refractivity contribution in [3.63, 3.8) is 0 Å². The van der Waals surface area contributed by atoms with E-state index in [2.05, 4.69) is 0 Å². The molecule has 112 valence electrons. The third-order valence-electron chi connectivity index (χ3n) is 2.76. The van der Waals surface area contributed by atoms with Crippen LogP contribution < -0.4 is 4.74 Å². The summed E-state index contributed by atoms with van der Waals surface area (Å²) in [5.41, 5.74) is 0.199. The lowest BCUT2D eigenvalue weighted by Crippen LogP contribution is -2.39. The maximum absolute atomic E-state index is 12.5. The fourth-order valence-electron chi connectivity index (χ4n) is 1.76. The summed E-state index contributed by atoms with van der Waals surface area (Å²) in [6, 6.07) is 6.15. The van der Waals surface area contributed by atoms with E-state index in [1.807, 2.05) is 6.92 Å². The zero-order valence-corrected chi connectivity index (χ0v) is 11.5. The molecule has 0 N–H and O–H groups in total. The van der Waals surface area contributed by atoms with Crippen LogP contribution in [0, 0.1) is 0 Å². The number of halogens is 3. The number of carbonyl (C=O) groups is 1. The Morgan fingerprint density at radius 3 is 2.60 bits per heavy atom. The number of carbonyl (C=O) groups excluding carboxylic acids is 1. The van der Waals surface area contributed by atoms with Gasteiger partial charge in [-0.2, -0.15) is 13.2 Å². The number of nitrogens with zero attached hydrogens (tertiary/aromatic N) is 1. The van der Waals surface area contributed by atoms with Crippen LogP contribution in [0.4, 0.5) is 13.2 Å². The van der Waals surface area contributed by atoms with Crippen molar-refractivity contribution in [2.75, 3.05) is 20.2 Å². The Morgan fingerprint density at radius 2 is 2.05 bits per heavy atom. The molecule has 0 heterocycles. The summed E-state index contributed by atoms with van der Waals surface area (Å²) < 4.78 is 42.6. The average Bonchev–Trinajstić information content (AvgIpc) is 2.41. The fraction of sp³-hybridized carbons (Fsp3) is 0.500. The Balaban J connectivity index is 2.90. The number of rotatable bonds is 6. The van der Waals surface area contributed by atoms with E-state index in [0.29, 0.717) is 12.2 Å². The number of hydrogen-bond donors (Lipinski definition) is 0. The molecule has 0 aromatic heterocycles. The van der Waals surface area contributed by atoms with E-state index in [1.165, 1.54) is 19.2 Å². The monoisotopic (exact) mass is 289 g/mol. The third-order valence-corrected chi connectivity index (χ3v) is 2.76. The minimum Gasteiger partial charge on any atom is -0.497 e. The Kier molecular flexibility index (Phi) is 5.85. The molecule has 1 rings (SSSR count). The molecule has 20 heavy (non-hydrogen) atoms. The molecule has 0 saturated heterocycles. The molecule has 0 aliphatic heterocycles. The summed E-state index contributed by atoms with van der Waals surface area (Å²) >= 11 is 0. The maximum Gasteiger partial charge on any atom is 0.406 e. The first-order chi connectivity index (χ1) is 9.37. The van der Waals surface area contributed by atoms with E-state index >= 15 is 0 Å². The fourth-order valence-corrected chi connectivity index (χ4v) is 1.76. The van der Waals surface area contributed by atoms with Gasteiger partial charge in [0.1, 0.15) is 12.3 Å². The van der Waals surface area contributed by atoms with E-state index in [1.54, 1.807) is 12.1 Å². The second-order valence-corrected chi connectivity index (χ2v) is 4.43. The van der Waals surface area contributed by atoms with Crippen LogP contribution in [-0.2, 0) is 0 Å². The second kappa shape index (κ2) is 7.17. The van der Waals surface area contributed by atoms with Crippen LogP contribution in [-0.4, -0.2) is 37.2 Å². The van der Waals surface area contributed by atoms with Crippen LogP contribution in [0.1, 0.15) is 30.1 Å². The molecule has 1 amide bonds. The number of ether oxygens (including phenoxy) is 1. The number of methoxy groups -OCH3 is 1. The van der Waals surface area contributed by atoms with Crippen molar-refractivity contribution in [2.24, 2.45) is 0 Å². The van der Waals surface area contributed by atoms with Gasteiger partial charge in [0.15, 0.2) is 0 Å². The summed E-state index contributed by atoms with van der Waals surface area (Å²) in [5.74, 6) is -0.187. The number of unbranched alkanes of at least 4 members (excludes halogenated alkanes) is 1. The number of alkyl halides is 3. The summed E-state index contributed by atoms with van der Waals surface area (Å²) in [7, 11) is 1.44. The smallest absolute Gasteiger partial charge is 0.406 e. The summed E-state index contributed by atoms with van der Waals surface area (Å²) in [4.78, 5) is 13.0. The van der Waals surface area contributed by atoms with Gasteiger partial charge in [-0.15, -0.1) is 0 Å². The molecule has 0 aliphatic carbocycles. The highest BCUT2D eigenvalue weighted by molar-refractivity contribution is 5.94. The highest BCUT2D eigenvalue weighted by Crippen LogP contribution is 2.20.